The van der Waals surface area contributed by atoms with E-state index in [4.69, 9.17) is 0 Å². The molecule has 17 heavy (non-hydrogen) atoms. The molecule has 0 atom stereocenters. The van der Waals surface area contributed by atoms with E-state index in [-0.39, 0.29) is 0 Å². The molecule has 112 valence electrons. The Morgan fingerprint density at radius 2 is 0.765 bits per heavy atom. The molecule has 0 unspecified atom stereocenters. The molecule has 0 heterocycles. The van der Waals surface area contributed by atoms with E-state index < -0.39 is 0 Å². The van der Waals surface area contributed by atoms with E-state index in [9.17, 15) is 0 Å². The largest absolute Gasteiger partial charge is 0.103 e. The summed E-state index contributed by atoms with van der Waals surface area (Å²) in [5.74, 6) is 0. The summed E-state index contributed by atoms with van der Waals surface area (Å²) >= 11 is 0. The molecule has 0 aliphatic carbocycles. The van der Waals surface area contributed by atoms with Gasteiger partial charge in [-0.1, -0.05) is 101 Å². The lowest BCUT2D eigenvalue weighted by molar-refractivity contribution is 0.886. The van der Waals surface area contributed by atoms with Gasteiger partial charge in [0.15, 0.2) is 0 Å². The van der Waals surface area contributed by atoms with Crippen molar-refractivity contribution in [3.63, 3.8) is 0 Å². The van der Waals surface area contributed by atoms with Gasteiger partial charge in [-0.15, -0.1) is 6.58 Å². The van der Waals surface area contributed by atoms with Crippen LogP contribution in [0.2, 0.25) is 0 Å². The Morgan fingerprint density at radius 3 is 0.765 bits per heavy atom. The van der Waals surface area contributed by atoms with Crippen LogP contribution in [-0.2, 0) is 0 Å². The summed E-state index contributed by atoms with van der Waals surface area (Å²) in [4.78, 5) is 0. The van der Waals surface area contributed by atoms with Gasteiger partial charge < -0.3 is 0 Å². The molecule has 0 N–H and O–H groups in total. The lowest BCUT2D eigenvalue weighted by Gasteiger charge is -1.68. The molecule has 0 saturated carbocycles. The van der Waals surface area contributed by atoms with Crippen LogP contribution in [0.5, 0.6) is 0 Å². The predicted molar refractivity (Wildman–Crippen MR) is 91.1 cm³/mol. The third kappa shape index (κ3) is 981. The maximum atomic E-state index is 3.48. The van der Waals surface area contributed by atoms with Crippen molar-refractivity contribution >= 4 is 0 Å². The first kappa shape index (κ1) is 36.0. The molecule has 0 fully saturated rings. The molecule has 0 rings (SSSR count). The summed E-state index contributed by atoms with van der Waals surface area (Å²) in [7, 11) is 0. The third-order valence-corrected chi connectivity index (χ3v) is 0.789. The van der Waals surface area contributed by atoms with Crippen molar-refractivity contribution in [2.45, 2.75) is 102 Å². The monoisotopic (exact) mass is 248 g/mol. The van der Waals surface area contributed by atoms with E-state index in [2.05, 4.69) is 41.2 Å². The molecule has 0 saturated heterocycles. The smallest absolute Gasteiger partial charge is 0.0382 e. The molecule has 0 aromatic rings. The third-order valence-electron chi connectivity index (χ3n) is 0.789. The molecule has 0 aliphatic rings. The van der Waals surface area contributed by atoms with Crippen LogP contribution >= 0.6 is 0 Å². The number of hydrogen-bond acceptors (Lipinski definition) is 0. The molecule has 0 bridgehead atoms. The zero-order valence-corrected chi connectivity index (χ0v) is 15.1. The maximum Gasteiger partial charge on any atom is -0.0382 e. The second-order valence-electron chi connectivity index (χ2n) is 2.40. The highest BCUT2D eigenvalue weighted by Gasteiger charge is 1.56. The maximum absolute atomic E-state index is 3.48. The lowest BCUT2D eigenvalue weighted by atomic mass is 10.4. The van der Waals surface area contributed by atoms with Gasteiger partial charge in [0, 0.05) is 0 Å². The van der Waals surface area contributed by atoms with E-state index in [0.717, 1.165) is 6.42 Å². The zero-order valence-electron chi connectivity index (χ0n) is 15.1. The summed E-state index contributed by atoms with van der Waals surface area (Å²) < 4.78 is 0. The predicted octanol–water partition coefficient (Wildman–Crippen LogP) is 7.88. The Labute approximate surface area is 115 Å². The molecule has 0 aromatic carbocycles. The van der Waals surface area contributed by atoms with Crippen molar-refractivity contribution in [1.82, 2.24) is 0 Å². The van der Waals surface area contributed by atoms with Gasteiger partial charge in [-0.05, 0) is 6.42 Å². The van der Waals surface area contributed by atoms with Gasteiger partial charge in [0.2, 0.25) is 0 Å². The summed E-state index contributed by atoms with van der Waals surface area (Å²) in [5.41, 5.74) is 0. The average molecular weight is 249 g/mol. The summed E-state index contributed by atoms with van der Waals surface area (Å²) in [6.45, 7) is 26.2. The quantitative estimate of drug-likeness (QED) is 0.436. The summed E-state index contributed by atoms with van der Waals surface area (Å²) in [6, 6.07) is 0. The molecular weight excluding hydrogens is 204 g/mol. The molecular formula is C17H44. The van der Waals surface area contributed by atoms with Crippen LogP contribution in [0, 0.1) is 0 Å². The van der Waals surface area contributed by atoms with Gasteiger partial charge in [-0.25, -0.2) is 0 Å². The van der Waals surface area contributed by atoms with Crippen LogP contribution < -0.4 is 0 Å². The Kier molecular flexibility index (Phi) is 322. The van der Waals surface area contributed by atoms with Crippen LogP contribution in [0.4, 0.5) is 0 Å². The second kappa shape index (κ2) is 152. The van der Waals surface area contributed by atoms with E-state index >= 15 is 0 Å². The highest BCUT2D eigenvalue weighted by atomic mass is 13.6. The van der Waals surface area contributed by atoms with Gasteiger partial charge >= 0.3 is 0 Å². The average Bonchev–Trinajstić information content (AvgIpc) is 2.46. The van der Waals surface area contributed by atoms with Crippen molar-refractivity contribution in [3.8, 4) is 0 Å². The number of rotatable bonds is 2. The standard InChI is InChI=1S/C4H10.C4H8.C3H8.3C2H6/c2*1-3-4-2;1-3-2;3*1-2/h3-4H2,1-2H3;3H,1,4H2,2H3;3H2,1-2H3;3*1-2H3. The first-order valence-corrected chi connectivity index (χ1v) is 7.85. The number of hydrogen-bond donors (Lipinski definition) is 0. The molecule has 0 spiro atoms. The van der Waals surface area contributed by atoms with Gasteiger partial charge in [0.1, 0.15) is 0 Å². The van der Waals surface area contributed by atoms with Crippen molar-refractivity contribution < 1.29 is 0 Å². The second-order valence-corrected chi connectivity index (χ2v) is 2.40. The van der Waals surface area contributed by atoms with Gasteiger partial charge in [0.05, 0.1) is 0 Å². The Morgan fingerprint density at radius 1 is 0.647 bits per heavy atom. The first-order valence-electron chi connectivity index (χ1n) is 7.85. The Hall–Kier alpha value is -0.260. The summed E-state index contributed by atoms with van der Waals surface area (Å²) in [6.07, 6.45) is 6.85. The highest BCUT2D eigenvalue weighted by molar-refractivity contribution is 4.60. The van der Waals surface area contributed by atoms with Crippen LogP contribution in [0.3, 0.4) is 0 Å². The SMILES string of the molecule is C=CCC.CC.CC.CC.CCC.CCCC. The minimum absolute atomic E-state index is 1.08. The topological polar surface area (TPSA) is 0 Å². The van der Waals surface area contributed by atoms with E-state index in [1.54, 1.807) is 0 Å². The normalized spacial score (nSPS) is 5.35. The van der Waals surface area contributed by atoms with Crippen LogP contribution in [0.1, 0.15) is 102 Å². The fourth-order valence-electron chi connectivity index (χ4n) is 0. The van der Waals surface area contributed by atoms with E-state index in [1.807, 2.05) is 47.6 Å². The molecule has 0 nitrogen and oxygen atoms in total. The summed E-state index contributed by atoms with van der Waals surface area (Å²) in [5, 5.41) is 0. The molecule has 0 amide bonds. The van der Waals surface area contributed by atoms with Gasteiger partial charge in [-0.2, -0.15) is 0 Å². The first-order chi connectivity index (χ1) is 8.24. The fourth-order valence-corrected chi connectivity index (χ4v) is 0. The van der Waals surface area contributed by atoms with E-state index in [0.29, 0.717) is 0 Å². The van der Waals surface area contributed by atoms with Crippen molar-refractivity contribution in [2.24, 2.45) is 0 Å². The van der Waals surface area contributed by atoms with Crippen LogP contribution in [0.15, 0.2) is 12.7 Å². The minimum Gasteiger partial charge on any atom is -0.103 e. The molecule has 0 aromatic heterocycles. The Balaban J connectivity index is -0.0000000221. The number of unbranched alkanes of at least 4 members (excludes halogenated alkanes) is 1. The lowest BCUT2D eigenvalue weighted by Crippen LogP contribution is -1.47. The highest BCUT2D eigenvalue weighted by Crippen LogP contribution is 1.76. The zero-order chi connectivity index (χ0) is 15.5. The van der Waals surface area contributed by atoms with Crippen molar-refractivity contribution in [3.05, 3.63) is 12.7 Å². The van der Waals surface area contributed by atoms with Gasteiger partial charge in [-0.3, -0.25) is 0 Å². The fraction of sp³-hybridized carbons (Fsp3) is 0.882. The molecule has 0 heteroatoms. The Bertz CT molecular complexity index is 35.3. The van der Waals surface area contributed by atoms with E-state index in [1.165, 1.54) is 19.3 Å². The molecule has 0 radical (unpaired) electrons. The number of allylic oxidation sites excluding steroid dienone is 1. The minimum atomic E-state index is 1.08. The van der Waals surface area contributed by atoms with Crippen LogP contribution in [-0.4, -0.2) is 0 Å². The molecule has 0 aliphatic heterocycles. The van der Waals surface area contributed by atoms with Crippen molar-refractivity contribution in [1.29, 1.82) is 0 Å². The van der Waals surface area contributed by atoms with Gasteiger partial charge in [0.25, 0.3) is 0 Å². The van der Waals surface area contributed by atoms with Crippen LogP contribution in [0.25, 0.3) is 0 Å². The van der Waals surface area contributed by atoms with Crippen molar-refractivity contribution in [2.75, 3.05) is 0 Å².